The third kappa shape index (κ3) is 3.03. The monoisotopic (exact) mass is 99.1 g/mol. The van der Waals surface area contributed by atoms with Crippen LogP contribution in [0.4, 0.5) is 0 Å². The summed E-state index contributed by atoms with van der Waals surface area (Å²) in [6.45, 7) is 5.31. The molecular formula is C5H9NO. The molecule has 0 heterocycles. The molecule has 1 N–H and O–H groups in total. The molecule has 1 amide bonds. The molecule has 0 aliphatic rings. The second-order valence-electron chi connectivity index (χ2n) is 1.31. The van der Waals surface area contributed by atoms with Crippen molar-refractivity contribution in [3.05, 3.63) is 12.7 Å². The Labute approximate surface area is 43.2 Å². The molecule has 0 spiro atoms. The van der Waals surface area contributed by atoms with Gasteiger partial charge in [0.1, 0.15) is 0 Å². The van der Waals surface area contributed by atoms with Crippen molar-refractivity contribution in [3.63, 3.8) is 0 Å². The van der Waals surface area contributed by atoms with Crippen LogP contribution < -0.4 is 5.32 Å². The molecule has 0 aromatic heterocycles. The molecule has 7 heavy (non-hydrogen) atoms. The number of amides is 1. The molecule has 1 unspecified atom stereocenters. The number of hydrogen-bond donors (Lipinski definition) is 1. The molecule has 40 valence electrons. The maximum Gasteiger partial charge on any atom is 0.207 e. The summed E-state index contributed by atoms with van der Waals surface area (Å²) >= 11 is 0. The first-order valence-electron chi connectivity index (χ1n) is 2.13. The lowest BCUT2D eigenvalue weighted by Crippen LogP contribution is -2.20. The molecule has 0 saturated carbocycles. The van der Waals surface area contributed by atoms with Crippen molar-refractivity contribution >= 4 is 6.41 Å². The number of nitrogens with one attached hydrogen (secondary N) is 1. The van der Waals surface area contributed by atoms with Gasteiger partial charge in [-0.05, 0) is 6.92 Å². The Morgan fingerprint density at radius 1 is 1.86 bits per heavy atom. The lowest BCUT2D eigenvalue weighted by molar-refractivity contribution is -0.109. The van der Waals surface area contributed by atoms with Crippen LogP contribution in [0.5, 0.6) is 0 Å². The van der Waals surface area contributed by atoms with Gasteiger partial charge in [-0.1, -0.05) is 6.08 Å². The minimum Gasteiger partial charge on any atom is -0.353 e. The van der Waals surface area contributed by atoms with Crippen LogP contribution in [-0.4, -0.2) is 12.5 Å². The molecule has 0 bridgehead atoms. The maximum absolute atomic E-state index is 9.62. The number of hydrogen-bond acceptors (Lipinski definition) is 1. The molecule has 0 aliphatic carbocycles. The van der Waals surface area contributed by atoms with Gasteiger partial charge in [-0.2, -0.15) is 0 Å². The predicted octanol–water partition coefficient (Wildman–Crippen LogP) is 0.307. The standard InChI is InChI=1S/C5H9NO/c1-3-5(2)6-4-7/h3-5H,1H2,2H3,(H,6,7). The number of carbonyl (C=O) groups is 1. The van der Waals surface area contributed by atoms with Crippen molar-refractivity contribution in [1.29, 1.82) is 0 Å². The van der Waals surface area contributed by atoms with E-state index in [1.807, 2.05) is 6.92 Å². The normalized spacial score (nSPS) is 12.1. The summed E-state index contributed by atoms with van der Waals surface area (Å²) in [5.74, 6) is 0. The van der Waals surface area contributed by atoms with Crippen LogP contribution >= 0.6 is 0 Å². The van der Waals surface area contributed by atoms with E-state index in [2.05, 4.69) is 11.9 Å². The number of rotatable bonds is 3. The topological polar surface area (TPSA) is 29.1 Å². The fourth-order valence-corrected chi connectivity index (χ4v) is 0.175. The van der Waals surface area contributed by atoms with E-state index in [1.54, 1.807) is 6.08 Å². The zero-order chi connectivity index (χ0) is 5.70. The second kappa shape index (κ2) is 3.40. The van der Waals surface area contributed by atoms with E-state index in [4.69, 9.17) is 0 Å². The zero-order valence-electron chi connectivity index (χ0n) is 4.35. The van der Waals surface area contributed by atoms with E-state index in [0.717, 1.165) is 0 Å². The summed E-state index contributed by atoms with van der Waals surface area (Å²) in [6, 6.07) is 0.0949. The molecule has 2 nitrogen and oxygen atoms in total. The summed E-state index contributed by atoms with van der Waals surface area (Å²) in [6.07, 6.45) is 2.32. The second-order valence-corrected chi connectivity index (χ2v) is 1.31. The number of carbonyl (C=O) groups excluding carboxylic acids is 1. The van der Waals surface area contributed by atoms with Gasteiger partial charge in [0.05, 0.1) is 0 Å². The first-order chi connectivity index (χ1) is 3.31. The Morgan fingerprint density at radius 2 is 2.43 bits per heavy atom. The Hall–Kier alpha value is -0.790. The van der Waals surface area contributed by atoms with Gasteiger partial charge in [-0.15, -0.1) is 6.58 Å². The zero-order valence-corrected chi connectivity index (χ0v) is 4.35. The maximum atomic E-state index is 9.62. The van der Waals surface area contributed by atoms with Crippen LogP contribution in [0, 0.1) is 0 Å². The smallest absolute Gasteiger partial charge is 0.207 e. The average molecular weight is 99.1 g/mol. The Balaban J connectivity index is 3.15. The largest absolute Gasteiger partial charge is 0.353 e. The average Bonchev–Trinajstić information content (AvgIpc) is 1.68. The summed E-state index contributed by atoms with van der Waals surface area (Å²) in [5.41, 5.74) is 0. The van der Waals surface area contributed by atoms with Crippen molar-refractivity contribution in [1.82, 2.24) is 5.32 Å². The Bertz CT molecular complexity index is 70.5. The Morgan fingerprint density at radius 3 is 2.57 bits per heavy atom. The van der Waals surface area contributed by atoms with Gasteiger partial charge in [-0.25, -0.2) is 0 Å². The first kappa shape index (κ1) is 6.21. The van der Waals surface area contributed by atoms with Gasteiger partial charge in [0, 0.05) is 6.04 Å². The third-order valence-electron chi connectivity index (χ3n) is 0.684. The van der Waals surface area contributed by atoms with Crippen molar-refractivity contribution in [2.45, 2.75) is 13.0 Å². The first-order valence-corrected chi connectivity index (χ1v) is 2.13. The SMILES string of the molecule is C=CC(C)NC=O. The van der Waals surface area contributed by atoms with E-state index < -0.39 is 0 Å². The molecule has 1 atom stereocenters. The van der Waals surface area contributed by atoms with Crippen LogP contribution in [0.2, 0.25) is 0 Å². The highest BCUT2D eigenvalue weighted by molar-refractivity contribution is 5.46. The summed E-state index contributed by atoms with van der Waals surface area (Å²) in [5, 5.41) is 2.50. The minimum atomic E-state index is 0.0949. The lowest BCUT2D eigenvalue weighted by atomic mass is 10.3. The molecule has 2 heteroatoms. The van der Waals surface area contributed by atoms with E-state index >= 15 is 0 Å². The highest BCUT2D eigenvalue weighted by Gasteiger charge is 1.85. The van der Waals surface area contributed by atoms with Gasteiger partial charge in [0.25, 0.3) is 0 Å². The van der Waals surface area contributed by atoms with Crippen LogP contribution in [-0.2, 0) is 4.79 Å². The molecule has 0 saturated heterocycles. The molecular weight excluding hydrogens is 90.1 g/mol. The lowest BCUT2D eigenvalue weighted by Gasteiger charge is -1.98. The fourth-order valence-electron chi connectivity index (χ4n) is 0.175. The highest BCUT2D eigenvalue weighted by Crippen LogP contribution is 1.74. The van der Waals surface area contributed by atoms with E-state index in [9.17, 15) is 4.79 Å². The van der Waals surface area contributed by atoms with Crippen molar-refractivity contribution in [2.24, 2.45) is 0 Å². The quantitative estimate of drug-likeness (QED) is 0.400. The molecule has 0 radical (unpaired) electrons. The van der Waals surface area contributed by atoms with E-state index in [1.165, 1.54) is 0 Å². The Kier molecular flexibility index (Phi) is 3.02. The van der Waals surface area contributed by atoms with Gasteiger partial charge in [-0.3, -0.25) is 4.79 Å². The summed E-state index contributed by atoms with van der Waals surface area (Å²) in [7, 11) is 0. The minimum absolute atomic E-state index is 0.0949. The molecule has 0 aliphatic heterocycles. The van der Waals surface area contributed by atoms with Gasteiger partial charge in [0.15, 0.2) is 0 Å². The third-order valence-corrected chi connectivity index (χ3v) is 0.684. The summed E-state index contributed by atoms with van der Waals surface area (Å²) < 4.78 is 0. The summed E-state index contributed by atoms with van der Waals surface area (Å²) in [4.78, 5) is 9.62. The van der Waals surface area contributed by atoms with Crippen LogP contribution in [0.1, 0.15) is 6.92 Å². The fraction of sp³-hybridized carbons (Fsp3) is 0.400. The van der Waals surface area contributed by atoms with E-state index in [0.29, 0.717) is 6.41 Å². The predicted molar refractivity (Wildman–Crippen MR) is 28.9 cm³/mol. The van der Waals surface area contributed by atoms with Crippen molar-refractivity contribution < 1.29 is 4.79 Å². The van der Waals surface area contributed by atoms with Gasteiger partial charge < -0.3 is 5.32 Å². The van der Waals surface area contributed by atoms with Crippen molar-refractivity contribution in [3.8, 4) is 0 Å². The van der Waals surface area contributed by atoms with Gasteiger partial charge in [0.2, 0.25) is 6.41 Å². The molecule has 0 rings (SSSR count). The van der Waals surface area contributed by atoms with Crippen LogP contribution in [0.15, 0.2) is 12.7 Å². The van der Waals surface area contributed by atoms with Gasteiger partial charge >= 0.3 is 0 Å². The molecule has 0 fully saturated rings. The van der Waals surface area contributed by atoms with Crippen LogP contribution in [0.3, 0.4) is 0 Å². The van der Waals surface area contributed by atoms with Crippen molar-refractivity contribution in [2.75, 3.05) is 0 Å². The highest BCUT2D eigenvalue weighted by atomic mass is 16.1. The van der Waals surface area contributed by atoms with E-state index in [-0.39, 0.29) is 6.04 Å². The molecule has 0 aromatic carbocycles. The molecule has 0 aromatic rings. The van der Waals surface area contributed by atoms with Crippen LogP contribution in [0.25, 0.3) is 0 Å².